The number of rotatable bonds is 4. The Morgan fingerprint density at radius 1 is 0.500 bits per heavy atom. The van der Waals surface area contributed by atoms with E-state index in [-0.39, 0.29) is 5.57 Å². The molecule has 0 unspecified atom stereocenters. The van der Waals surface area contributed by atoms with Gasteiger partial charge in [0, 0.05) is 32.9 Å². The van der Waals surface area contributed by atoms with Gasteiger partial charge < -0.3 is 9.13 Å². The average molecular weight is 573 g/mol. The lowest BCUT2D eigenvalue weighted by Crippen LogP contribution is -2.51. The first-order chi connectivity index (χ1) is 21.6. The number of amides is 4. The highest BCUT2D eigenvalue weighted by Gasteiger charge is 2.27. The van der Waals surface area contributed by atoms with Gasteiger partial charge in [0.2, 0.25) is 0 Å². The molecule has 1 aliphatic rings. The molecular formula is C37H24N4O3. The van der Waals surface area contributed by atoms with Crippen LogP contribution in [0.25, 0.3) is 61.1 Å². The Kier molecular flexibility index (Phi) is 5.77. The molecule has 0 spiro atoms. The first kappa shape index (κ1) is 25.5. The van der Waals surface area contributed by atoms with Crippen molar-refractivity contribution in [2.75, 3.05) is 0 Å². The SMILES string of the molecule is O=C1NC(=O)C(=C/C=C/c2ccc3c(c2)c2ccccc2n3-c2ccc(-n3c4ccccc4c4ccccc43)cc2)C(=O)N1. The number of hydrogen-bond acceptors (Lipinski definition) is 3. The van der Waals surface area contributed by atoms with E-state index in [1.54, 1.807) is 6.08 Å². The predicted octanol–water partition coefficient (Wildman–Crippen LogP) is 7.19. The van der Waals surface area contributed by atoms with Gasteiger partial charge in [0.05, 0.1) is 22.1 Å². The fourth-order valence-corrected chi connectivity index (χ4v) is 6.21. The van der Waals surface area contributed by atoms with Crippen molar-refractivity contribution in [3.05, 3.63) is 139 Å². The molecule has 8 rings (SSSR count). The van der Waals surface area contributed by atoms with Crippen LogP contribution in [0.15, 0.2) is 133 Å². The molecule has 5 aromatic carbocycles. The number of hydrogen-bond donors (Lipinski definition) is 2. The Morgan fingerprint density at radius 3 is 1.48 bits per heavy atom. The van der Waals surface area contributed by atoms with E-state index in [2.05, 4.69) is 117 Å². The van der Waals surface area contributed by atoms with Crippen LogP contribution in [0.2, 0.25) is 0 Å². The highest BCUT2D eigenvalue weighted by molar-refractivity contribution is 6.29. The summed E-state index contributed by atoms with van der Waals surface area (Å²) >= 11 is 0. The predicted molar refractivity (Wildman–Crippen MR) is 174 cm³/mol. The number of para-hydroxylation sites is 3. The number of barbiturate groups is 1. The van der Waals surface area contributed by atoms with Crippen LogP contribution in [0.3, 0.4) is 0 Å². The van der Waals surface area contributed by atoms with Crippen molar-refractivity contribution < 1.29 is 14.4 Å². The Bertz CT molecular complexity index is 2310. The molecule has 0 saturated carbocycles. The second-order valence-corrected chi connectivity index (χ2v) is 10.7. The van der Waals surface area contributed by atoms with Gasteiger partial charge >= 0.3 is 6.03 Å². The summed E-state index contributed by atoms with van der Waals surface area (Å²) in [6.45, 7) is 0. The van der Waals surface area contributed by atoms with Gasteiger partial charge in [-0.15, -0.1) is 0 Å². The number of allylic oxidation sites excluding steroid dienone is 2. The largest absolute Gasteiger partial charge is 0.328 e. The van der Waals surface area contributed by atoms with E-state index in [0.29, 0.717) is 0 Å². The molecule has 0 radical (unpaired) electrons. The zero-order valence-electron chi connectivity index (χ0n) is 23.3. The molecule has 3 heterocycles. The number of fused-ring (bicyclic) bond motifs is 6. The highest BCUT2D eigenvalue weighted by atomic mass is 16.2. The van der Waals surface area contributed by atoms with E-state index in [1.807, 2.05) is 24.3 Å². The highest BCUT2D eigenvalue weighted by Crippen LogP contribution is 2.35. The first-order valence-corrected chi connectivity index (χ1v) is 14.2. The summed E-state index contributed by atoms with van der Waals surface area (Å²) in [5.74, 6) is -1.43. The summed E-state index contributed by atoms with van der Waals surface area (Å²) in [7, 11) is 0. The normalized spacial score (nSPS) is 13.8. The van der Waals surface area contributed by atoms with E-state index in [1.165, 1.54) is 27.9 Å². The minimum atomic E-state index is -0.815. The number of nitrogens with zero attached hydrogens (tertiary/aromatic N) is 2. The number of carbonyl (C=O) groups is 3. The van der Waals surface area contributed by atoms with Crippen LogP contribution < -0.4 is 10.6 Å². The van der Waals surface area contributed by atoms with E-state index >= 15 is 0 Å². The maximum Gasteiger partial charge on any atom is 0.328 e. The lowest BCUT2D eigenvalue weighted by atomic mass is 10.1. The molecule has 1 aliphatic heterocycles. The molecule has 1 fully saturated rings. The van der Waals surface area contributed by atoms with Crippen LogP contribution >= 0.6 is 0 Å². The van der Waals surface area contributed by atoms with Crippen molar-refractivity contribution in [3.63, 3.8) is 0 Å². The maximum absolute atomic E-state index is 12.0. The average Bonchev–Trinajstić information content (AvgIpc) is 3.55. The van der Waals surface area contributed by atoms with Crippen molar-refractivity contribution >= 4 is 67.5 Å². The van der Waals surface area contributed by atoms with Crippen LogP contribution in [0, 0.1) is 0 Å². The Balaban J connectivity index is 1.20. The topological polar surface area (TPSA) is 85.1 Å². The number of imide groups is 2. The minimum absolute atomic E-state index is 0.122. The van der Waals surface area contributed by atoms with Gasteiger partial charge in [0.1, 0.15) is 5.57 Å². The van der Waals surface area contributed by atoms with Crippen LogP contribution in [0.1, 0.15) is 5.56 Å². The number of nitrogens with one attached hydrogen (secondary N) is 2. The zero-order chi connectivity index (χ0) is 29.8. The van der Waals surface area contributed by atoms with Crippen LogP contribution in [-0.2, 0) is 9.59 Å². The van der Waals surface area contributed by atoms with Gasteiger partial charge in [0.15, 0.2) is 0 Å². The summed E-state index contributed by atoms with van der Waals surface area (Å²) in [5.41, 5.74) is 7.44. The monoisotopic (exact) mass is 572 g/mol. The number of urea groups is 1. The Morgan fingerprint density at radius 2 is 0.955 bits per heavy atom. The second kappa shape index (κ2) is 9.96. The summed E-state index contributed by atoms with van der Waals surface area (Å²) in [6.07, 6.45) is 4.87. The summed E-state index contributed by atoms with van der Waals surface area (Å²) in [4.78, 5) is 35.4. The minimum Gasteiger partial charge on any atom is -0.309 e. The third kappa shape index (κ3) is 4.02. The number of benzene rings is 5. The van der Waals surface area contributed by atoms with Gasteiger partial charge in [-0.25, -0.2) is 4.79 Å². The van der Waals surface area contributed by atoms with Crippen molar-refractivity contribution in [3.8, 4) is 11.4 Å². The molecule has 44 heavy (non-hydrogen) atoms. The Hall–Kier alpha value is -6.21. The number of aromatic nitrogens is 2. The summed E-state index contributed by atoms with van der Waals surface area (Å²) in [5, 5.41) is 8.83. The molecule has 0 atom stereocenters. The van der Waals surface area contributed by atoms with Gasteiger partial charge in [0.25, 0.3) is 11.8 Å². The van der Waals surface area contributed by atoms with Crippen molar-refractivity contribution in [1.29, 1.82) is 0 Å². The quantitative estimate of drug-likeness (QED) is 0.173. The zero-order valence-corrected chi connectivity index (χ0v) is 23.3. The molecule has 1 saturated heterocycles. The van der Waals surface area contributed by atoms with E-state index in [4.69, 9.17) is 0 Å². The molecule has 0 aliphatic carbocycles. The van der Waals surface area contributed by atoms with Crippen molar-refractivity contribution in [2.45, 2.75) is 0 Å². The molecule has 210 valence electrons. The molecule has 7 heteroatoms. The molecule has 2 aromatic heterocycles. The molecule has 4 amide bonds. The van der Waals surface area contributed by atoms with Crippen molar-refractivity contribution in [2.24, 2.45) is 0 Å². The fourth-order valence-electron chi connectivity index (χ4n) is 6.21. The molecule has 7 nitrogen and oxygen atoms in total. The standard InChI is InChI=1S/C37H24N4O3/c42-35-29(36(43)39-37(44)38-35)12-7-8-23-16-21-34-30(22-23)28-11-3-6-15-33(28)41(34)25-19-17-24(18-20-25)40-31-13-4-1-9-26(31)27-10-2-5-14-32(27)40/h1-22H,(H2,38,39,42,43,44)/b8-7+. The first-order valence-electron chi connectivity index (χ1n) is 14.2. The molecule has 0 bridgehead atoms. The maximum atomic E-state index is 12.0. The van der Waals surface area contributed by atoms with Gasteiger partial charge in [-0.2, -0.15) is 0 Å². The summed E-state index contributed by atoms with van der Waals surface area (Å²) < 4.78 is 4.58. The third-order valence-electron chi connectivity index (χ3n) is 8.14. The van der Waals surface area contributed by atoms with Gasteiger partial charge in [-0.1, -0.05) is 72.8 Å². The van der Waals surface area contributed by atoms with Crippen LogP contribution in [0.5, 0.6) is 0 Å². The van der Waals surface area contributed by atoms with Crippen LogP contribution in [0.4, 0.5) is 4.79 Å². The van der Waals surface area contributed by atoms with E-state index in [9.17, 15) is 14.4 Å². The smallest absolute Gasteiger partial charge is 0.309 e. The van der Waals surface area contributed by atoms with E-state index < -0.39 is 17.8 Å². The van der Waals surface area contributed by atoms with Crippen LogP contribution in [-0.4, -0.2) is 27.0 Å². The molecule has 2 N–H and O–H groups in total. The Labute approximate surface area is 251 Å². The summed E-state index contributed by atoms with van der Waals surface area (Å²) in [6, 6.07) is 39.4. The third-order valence-corrected chi connectivity index (χ3v) is 8.14. The van der Waals surface area contributed by atoms with E-state index in [0.717, 1.165) is 38.7 Å². The lowest BCUT2D eigenvalue weighted by Gasteiger charge is -2.13. The fraction of sp³-hybridized carbons (Fsp3) is 0. The van der Waals surface area contributed by atoms with Gasteiger partial charge in [-0.3, -0.25) is 20.2 Å². The molecule has 7 aromatic rings. The van der Waals surface area contributed by atoms with Gasteiger partial charge in [-0.05, 0) is 66.2 Å². The lowest BCUT2D eigenvalue weighted by molar-refractivity contribution is -0.124. The second-order valence-electron chi connectivity index (χ2n) is 10.7. The number of carbonyl (C=O) groups excluding carboxylic acids is 3. The molecular weight excluding hydrogens is 548 g/mol. The van der Waals surface area contributed by atoms with Crippen molar-refractivity contribution in [1.82, 2.24) is 19.8 Å².